The third kappa shape index (κ3) is 5.80. The molecule has 0 saturated heterocycles. The molecule has 0 radical (unpaired) electrons. The molecule has 1 heterocycles. The van der Waals surface area contributed by atoms with Gasteiger partial charge in [-0.25, -0.2) is 9.78 Å². The van der Waals surface area contributed by atoms with Crippen LogP contribution in [0.15, 0.2) is 42.5 Å². The molecule has 1 saturated carbocycles. The Morgan fingerprint density at radius 2 is 1.88 bits per heavy atom. The van der Waals surface area contributed by atoms with E-state index >= 15 is 0 Å². The molecule has 4 N–H and O–H groups in total. The molecule has 0 bridgehead atoms. The zero-order valence-electron chi connectivity index (χ0n) is 18.7. The summed E-state index contributed by atoms with van der Waals surface area (Å²) in [6.07, 6.45) is -1.81. The van der Waals surface area contributed by atoms with Gasteiger partial charge in [0.2, 0.25) is 0 Å². The van der Waals surface area contributed by atoms with Crippen molar-refractivity contribution in [3.8, 4) is 5.75 Å². The minimum absolute atomic E-state index is 0.0462. The van der Waals surface area contributed by atoms with E-state index in [0.29, 0.717) is 49.2 Å². The lowest BCUT2D eigenvalue weighted by molar-refractivity contribution is -0.137. The molecular weight excluding hydrogens is 449 g/mol. The highest BCUT2D eigenvalue weighted by molar-refractivity contribution is 5.77. The maximum Gasteiger partial charge on any atom is 0.416 e. The number of nitrogens with zero attached hydrogens (tertiary/aromatic N) is 1. The number of H-pyrrole nitrogens is 1. The van der Waals surface area contributed by atoms with Crippen molar-refractivity contribution in [2.45, 2.75) is 56.5 Å². The fourth-order valence-electron chi connectivity index (χ4n) is 4.19. The number of imidazole rings is 1. The van der Waals surface area contributed by atoms with E-state index in [0.717, 1.165) is 17.7 Å². The fraction of sp³-hybridized carbons (Fsp3) is 0.417. The number of methoxy groups -OCH3 is 1. The Kier molecular flexibility index (Phi) is 6.97. The molecule has 1 aliphatic rings. The average molecular weight is 476 g/mol. The topological polar surface area (TPSA) is 99.3 Å². The number of hydrogen-bond donors (Lipinski definition) is 4. The number of aliphatic hydroxyl groups is 1. The molecule has 1 fully saturated rings. The molecule has 0 spiro atoms. The Labute approximate surface area is 194 Å². The molecule has 34 heavy (non-hydrogen) atoms. The number of fused-ring (bicyclic) bond motifs is 1. The number of carbonyl (C=O) groups excluding carboxylic acids is 1. The molecular formula is C24H27F3N4O3. The van der Waals surface area contributed by atoms with E-state index in [2.05, 4.69) is 20.6 Å². The fourth-order valence-corrected chi connectivity index (χ4v) is 4.19. The lowest BCUT2D eigenvalue weighted by Gasteiger charge is -2.27. The first-order valence-electron chi connectivity index (χ1n) is 11.2. The van der Waals surface area contributed by atoms with Crippen LogP contribution in [0.2, 0.25) is 0 Å². The Morgan fingerprint density at radius 3 is 2.53 bits per heavy atom. The second-order valence-corrected chi connectivity index (χ2v) is 8.58. The van der Waals surface area contributed by atoms with Crippen LogP contribution < -0.4 is 15.4 Å². The Hall–Kier alpha value is -3.27. The van der Waals surface area contributed by atoms with Crippen molar-refractivity contribution in [2.24, 2.45) is 0 Å². The summed E-state index contributed by atoms with van der Waals surface area (Å²) in [4.78, 5) is 20.2. The quantitative estimate of drug-likeness (QED) is 0.422. The van der Waals surface area contributed by atoms with Crippen molar-refractivity contribution in [3.63, 3.8) is 0 Å². The number of aromatic nitrogens is 2. The first kappa shape index (κ1) is 23.9. The molecule has 1 aromatic heterocycles. The van der Waals surface area contributed by atoms with E-state index in [9.17, 15) is 23.1 Å². The number of carbonyl (C=O) groups is 1. The van der Waals surface area contributed by atoms with Crippen molar-refractivity contribution in [2.75, 3.05) is 7.11 Å². The Balaban J connectivity index is 1.56. The van der Waals surface area contributed by atoms with Crippen LogP contribution in [-0.4, -0.2) is 40.4 Å². The highest BCUT2D eigenvalue weighted by Gasteiger charge is 2.31. The first-order valence-corrected chi connectivity index (χ1v) is 11.2. The Morgan fingerprint density at radius 1 is 1.18 bits per heavy atom. The van der Waals surface area contributed by atoms with Gasteiger partial charge in [0.05, 0.1) is 35.9 Å². The SMILES string of the molecule is COc1ccc(C[C@@H](NC(=O)NC2CCC(O)CC2)c2nc3cc(C(F)(F)F)ccc3[nH]2)cc1. The summed E-state index contributed by atoms with van der Waals surface area (Å²) < 4.78 is 44.5. The monoisotopic (exact) mass is 476 g/mol. The van der Waals surface area contributed by atoms with Gasteiger partial charge < -0.3 is 25.5 Å². The number of halogens is 3. The van der Waals surface area contributed by atoms with E-state index in [1.807, 2.05) is 12.1 Å². The number of aliphatic hydroxyl groups excluding tert-OH is 1. The summed E-state index contributed by atoms with van der Waals surface area (Å²) in [6, 6.07) is 9.61. The number of aromatic amines is 1. The van der Waals surface area contributed by atoms with Gasteiger partial charge in [0, 0.05) is 6.04 Å². The highest BCUT2D eigenvalue weighted by Crippen LogP contribution is 2.31. The molecule has 1 atom stereocenters. The number of hydrogen-bond acceptors (Lipinski definition) is 4. The predicted octanol–water partition coefficient (Wildman–Crippen LogP) is 4.48. The van der Waals surface area contributed by atoms with E-state index in [1.54, 1.807) is 19.2 Å². The van der Waals surface area contributed by atoms with Gasteiger partial charge in [0.1, 0.15) is 11.6 Å². The summed E-state index contributed by atoms with van der Waals surface area (Å²) >= 11 is 0. The number of rotatable bonds is 6. The second-order valence-electron chi connectivity index (χ2n) is 8.58. The van der Waals surface area contributed by atoms with Crippen LogP contribution in [0.5, 0.6) is 5.75 Å². The van der Waals surface area contributed by atoms with Gasteiger partial charge in [-0.2, -0.15) is 13.2 Å². The van der Waals surface area contributed by atoms with Crippen molar-refractivity contribution >= 4 is 17.1 Å². The largest absolute Gasteiger partial charge is 0.497 e. The van der Waals surface area contributed by atoms with Crippen LogP contribution in [-0.2, 0) is 12.6 Å². The third-order valence-corrected chi connectivity index (χ3v) is 6.09. The maximum absolute atomic E-state index is 13.1. The first-order chi connectivity index (χ1) is 16.2. The molecule has 1 aliphatic carbocycles. The van der Waals surface area contributed by atoms with E-state index in [-0.39, 0.29) is 17.7 Å². The predicted molar refractivity (Wildman–Crippen MR) is 120 cm³/mol. The number of benzene rings is 2. The van der Waals surface area contributed by atoms with Gasteiger partial charge in [-0.05, 0) is 68.0 Å². The lowest BCUT2D eigenvalue weighted by atomic mass is 9.93. The normalized spacial score (nSPS) is 19.6. The van der Waals surface area contributed by atoms with Crippen LogP contribution >= 0.6 is 0 Å². The summed E-state index contributed by atoms with van der Waals surface area (Å²) in [6.45, 7) is 0. The third-order valence-electron chi connectivity index (χ3n) is 6.09. The Bertz CT molecular complexity index is 1120. The number of amides is 2. The van der Waals surface area contributed by atoms with E-state index < -0.39 is 23.8 Å². The van der Waals surface area contributed by atoms with E-state index in [1.165, 1.54) is 6.07 Å². The van der Waals surface area contributed by atoms with Gasteiger partial charge in [0.25, 0.3) is 0 Å². The van der Waals surface area contributed by atoms with Crippen molar-refractivity contribution in [1.29, 1.82) is 0 Å². The minimum Gasteiger partial charge on any atom is -0.497 e. The van der Waals surface area contributed by atoms with Crippen molar-refractivity contribution < 1.29 is 27.8 Å². The van der Waals surface area contributed by atoms with Crippen LogP contribution in [0.4, 0.5) is 18.0 Å². The van der Waals surface area contributed by atoms with Gasteiger partial charge in [0.15, 0.2) is 0 Å². The van der Waals surface area contributed by atoms with Crippen molar-refractivity contribution in [3.05, 3.63) is 59.4 Å². The van der Waals surface area contributed by atoms with Crippen LogP contribution in [0.1, 0.15) is 48.7 Å². The van der Waals surface area contributed by atoms with Crippen LogP contribution in [0, 0.1) is 0 Å². The zero-order valence-corrected chi connectivity index (χ0v) is 18.7. The molecule has 0 aliphatic heterocycles. The number of alkyl halides is 3. The molecule has 4 rings (SSSR count). The standard InChI is InChI=1S/C24H27F3N4O3/c1-34-18-9-2-14(3-10-18)12-21(31-23(33)28-16-5-7-17(32)8-6-16)22-29-19-11-4-15(24(25,26)27)13-20(19)30-22/h2-4,9-11,13,16-17,21,32H,5-8,12H2,1H3,(H,29,30)(H2,28,31,33)/t16?,17?,21-/m1/s1. The maximum atomic E-state index is 13.1. The molecule has 7 nitrogen and oxygen atoms in total. The summed E-state index contributed by atoms with van der Waals surface area (Å²) in [7, 11) is 1.57. The van der Waals surface area contributed by atoms with Gasteiger partial charge in [-0.3, -0.25) is 0 Å². The van der Waals surface area contributed by atoms with Gasteiger partial charge in [-0.1, -0.05) is 12.1 Å². The van der Waals surface area contributed by atoms with Crippen molar-refractivity contribution in [1.82, 2.24) is 20.6 Å². The van der Waals surface area contributed by atoms with Gasteiger partial charge >= 0.3 is 12.2 Å². The average Bonchev–Trinajstić information content (AvgIpc) is 3.23. The molecule has 10 heteroatoms. The zero-order chi connectivity index (χ0) is 24.3. The molecule has 0 unspecified atom stereocenters. The minimum atomic E-state index is -4.47. The number of urea groups is 1. The second kappa shape index (κ2) is 9.92. The van der Waals surface area contributed by atoms with Gasteiger partial charge in [-0.15, -0.1) is 0 Å². The summed E-state index contributed by atoms with van der Waals surface area (Å²) in [5, 5.41) is 15.5. The number of ether oxygens (including phenoxy) is 1. The van der Waals surface area contributed by atoms with Crippen LogP contribution in [0.25, 0.3) is 11.0 Å². The molecule has 2 amide bonds. The summed E-state index contributed by atoms with van der Waals surface area (Å²) in [5.74, 6) is 1.05. The highest BCUT2D eigenvalue weighted by atomic mass is 19.4. The molecule has 3 aromatic rings. The summed E-state index contributed by atoms with van der Waals surface area (Å²) in [5.41, 5.74) is 0.734. The number of nitrogens with one attached hydrogen (secondary N) is 3. The molecule has 182 valence electrons. The lowest BCUT2D eigenvalue weighted by Crippen LogP contribution is -2.45. The smallest absolute Gasteiger partial charge is 0.416 e. The van der Waals surface area contributed by atoms with Crippen LogP contribution in [0.3, 0.4) is 0 Å². The molecule has 2 aromatic carbocycles. The van der Waals surface area contributed by atoms with E-state index in [4.69, 9.17) is 4.74 Å².